The maximum atomic E-state index is 12.6. The second-order valence-corrected chi connectivity index (χ2v) is 6.08. The lowest BCUT2D eigenvalue weighted by Crippen LogP contribution is -2.43. The van der Waals surface area contributed by atoms with Crippen molar-refractivity contribution in [1.82, 2.24) is 4.90 Å². The van der Waals surface area contributed by atoms with Crippen LogP contribution in [0, 0.1) is 5.41 Å². The highest BCUT2D eigenvalue weighted by Crippen LogP contribution is 2.46. The third-order valence-electron chi connectivity index (χ3n) is 3.82. The number of amides is 1. The summed E-state index contributed by atoms with van der Waals surface area (Å²) in [5.74, 6) is 0.185. The average Bonchev–Trinajstić information content (AvgIpc) is 3.16. The van der Waals surface area contributed by atoms with E-state index in [1.165, 1.54) is 0 Å². The Labute approximate surface area is 119 Å². The lowest BCUT2D eigenvalue weighted by molar-refractivity contribution is -0.139. The molecule has 0 saturated heterocycles. The van der Waals surface area contributed by atoms with Gasteiger partial charge in [0.15, 0.2) is 0 Å². The molecule has 1 fully saturated rings. The topological polar surface area (TPSA) is 46.3 Å². The van der Waals surface area contributed by atoms with Gasteiger partial charge in [0, 0.05) is 24.2 Å². The SMILES string of the molecule is CC(C)N(Cc1cccc(Cl)c1)C(=O)C1(CN)CC1. The van der Waals surface area contributed by atoms with E-state index >= 15 is 0 Å². The summed E-state index contributed by atoms with van der Waals surface area (Å²) in [7, 11) is 0. The zero-order valence-electron chi connectivity index (χ0n) is 11.5. The molecule has 1 aromatic carbocycles. The molecule has 0 aliphatic heterocycles. The zero-order valence-corrected chi connectivity index (χ0v) is 12.3. The lowest BCUT2D eigenvalue weighted by Gasteiger charge is -2.30. The normalized spacial score (nSPS) is 16.5. The van der Waals surface area contributed by atoms with Crippen LogP contribution in [0.1, 0.15) is 32.3 Å². The minimum atomic E-state index is -0.289. The monoisotopic (exact) mass is 280 g/mol. The summed E-state index contributed by atoms with van der Waals surface area (Å²) >= 11 is 5.99. The van der Waals surface area contributed by atoms with Gasteiger partial charge in [0.1, 0.15) is 0 Å². The molecular formula is C15H21ClN2O. The number of hydrogen-bond acceptors (Lipinski definition) is 2. The van der Waals surface area contributed by atoms with Crippen LogP contribution in [0.2, 0.25) is 5.02 Å². The van der Waals surface area contributed by atoms with E-state index in [0.29, 0.717) is 18.1 Å². The van der Waals surface area contributed by atoms with E-state index < -0.39 is 0 Å². The molecule has 0 aromatic heterocycles. The van der Waals surface area contributed by atoms with E-state index in [0.717, 1.165) is 18.4 Å². The zero-order chi connectivity index (χ0) is 14.0. The van der Waals surface area contributed by atoms with Crippen molar-refractivity contribution < 1.29 is 4.79 Å². The Morgan fingerprint density at radius 3 is 2.63 bits per heavy atom. The van der Waals surface area contributed by atoms with Crippen LogP contribution in [0.5, 0.6) is 0 Å². The van der Waals surface area contributed by atoms with Gasteiger partial charge in [0.25, 0.3) is 0 Å². The Kier molecular flexibility index (Phi) is 4.16. The molecule has 0 spiro atoms. The van der Waals surface area contributed by atoms with E-state index in [2.05, 4.69) is 0 Å². The molecule has 2 rings (SSSR count). The van der Waals surface area contributed by atoms with Crippen molar-refractivity contribution in [3.8, 4) is 0 Å². The second-order valence-electron chi connectivity index (χ2n) is 5.64. The van der Waals surface area contributed by atoms with Gasteiger partial charge in [-0.25, -0.2) is 0 Å². The molecule has 1 amide bonds. The molecule has 0 radical (unpaired) electrons. The predicted octanol–water partition coefficient (Wildman–Crippen LogP) is 2.82. The fourth-order valence-electron chi connectivity index (χ4n) is 2.28. The first-order valence-electron chi connectivity index (χ1n) is 6.74. The van der Waals surface area contributed by atoms with Crippen LogP contribution in [0.25, 0.3) is 0 Å². The predicted molar refractivity (Wildman–Crippen MR) is 77.9 cm³/mol. The Bertz CT molecular complexity index is 469. The number of hydrogen-bond donors (Lipinski definition) is 1. The largest absolute Gasteiger partial charge is 0.335 e. The molecule has 0 unspecified atom stereocenters. The van der Waals surface area contributed by atoms with Crippen molar-refractivity contribution in [2.75, 3.05) is 6.54 Å². The Morgan fingerprint density at radius 1 is 1.47 bits per heavy atom. The second kappa shape index (κ2) is 5.51. The van der Waals surface area contributed by atoms with Crippen LogP contribution < -0.4 is 5.73 Å². The standard InChI is InChI=1S/C15H21ClN2O/c1-11(2)18(14(19)15(10-17)6-7-15)9-12-4-3-5-13(16)8-12/h3-5,8,11H,6-7,9-10,17H2,1-2H3. The minimum absolute atomic E-state index is 0.163. The number of benzene rings is 1. The van der Waals surface area contributed by atoms with Crippen LogP contribution in [0.3, 0.4) is 0 Å². The quantitative estimate of drug-likeness (QED) is 0.901. The van der Waals surface area contributed by atoms with Crippen molar-refractivity contribution in [3.05, 3.63) is 34.9 Å². The fourth-order valence-corrected chi connectivity index (χ4v) is 2.49. The molecule has 104 valence electrons. The van der Waals surface area contributed by atoms with E-state index in [9.17, 15) is 4.79 Å². The van der Waals surface area contributed by atoms with Crippen molar-refractivity contribution >= 4 is 17.5 Å². The van der Waals surface area contributed by atoms with Gasteiger partial charge in [-0.05, 0) is 44.4 Å². The molecule has 0 atom stereocenters. The summed E-state index contributed by atoms with van der Waals surface area (Å²) in [5, 5.41) is 0.702. The number of halogens is 1. The van der Waals surface area contributed by atoms with E-state index in [1.54, 1.807) is 0 Å². The first-order chi connectivity index (χ1) is 8.98. The molecule has 4 heteroatoms. The molecule has 19 heavy (non-hydrogen) atoms. The molecule has 1 saturated carbocycles. The third kappa shape index (κ3) is 3.10. The van der Waals surface area contributed by atoms with Gasteiger partial charge >= 0.3 is 0 Å². The minimum Gasteiger partial charge on any atom is -0.335 e. The van der Waals surface area contributed by atoms with Crippen molar-refractivity contribution in [2.24, 2.45) is 11.1 Å². The van der Waals surface area contributed by atoms with Crippen molar-refractivity contribution in [1.29, 1.82) is 0 Å². The molecule has 3 nitrogen and oxygen atoms in total. The van der Waals surface area contributed by atoms with Gasteiger partial charge in [0.05, 0.1) is 5.41 Å². The molecule has 1 aliphatic rings. The first-order valence-corrected chi connectivity index (χ1v) is 7.12. The van der Waals surface area contributed by atoms with Gasteiger partial charge in [-0.3, -0.25) is 4.79 Å². The fraction of sp³-hybridized carbons (Fsp3) is 0.533. The van der Waals surface area contributed by atoms with Crippen LogP contribution >= 0.6 is 11.6 Å². The summed E-state index contributed by atoms with van der Waals surface area (Å²) in [4.78, 5) is 14.5. The maximum absolute atomic E-state index is 12.6. The van der Waals surface area contributed by atoms with Crippen LogP contribution in [0.4, 0.5) is 0 Å². The van der Waals surface area contributed by atoms with Gasteiger partial charge in [-0.2, -0.15) is 0 Å². The summed E-state index contributed by atoms with van der Waals surface area (Å²) in [5.41, 5.74) is 6.53. The van der Waals surface area contributed by atoms with Crippen LogP contribution in [-0.4, -0.2) is 23.4 Å². The Balaban J connectivity index is 2.15. The molecular weight excluding hydrogens is 260 g/mol. The third-order valence-corrected chi connectivity index (χ3v) is 4.06. The Morgan fingerprint density at radius 2 is 2.16 bits per heavy atom. The van der Waals surface area contributed by atoms with E-state index in [-0.39, 0.29) is 17.4 Å². The summed E-state index contributed by atoms with van der Waals surface area (Å²) < 4.78 is 0. The first kappa shape index (κ1) is 14.4. The summed E-state index contributed by atoms with van der Waals surface area (Å²) in [6.07, 6.45) is 1.84. The molecule has 0 heterocycles. The highest BCUT2D eigenvalue weighted by Gasteiger charge is 2.50. The van der Waals surface area contributed by atoms with Crippen molar-refractivity contribution in [3.63, 3.8) is 0 Å². The highest BCUT2D eigenvalue weighted by atomic mass is 35.5. The van der Waals surface area contributed by atoms with E-state index in [4.69, 9.17) is 17.3 Å². The van der Waals surface area contributed by atoms with Gasteiger partial charge < -0.3 is 10.6 Å². The highest BCUT2D eigenvalue weighted by molar-refractivity contribution is 6.30. The number of nitrogens with zero attached hydrogens (tertiary/aromatic N) is 1. The Hall–Kier alpha value is -1.06. The van der Waals surface area contributed by atoms with E-state index in [1.807, 2.05) is 43.0 Å². The average molecular weight is 281 g/mol. The number of carbonyl (C=O) groups is 1. The van der Waals surface area contributed by atoms with Gasteiger partial charge in [0.2, 0.25) is 5.91 Å². The number of carbonyl (C=O) groups excluding carboxylic acids is 1. The molecule has 2 N–H and O–H groups in total. The maximum Gasteiger partial charge on any atom is 0.230 e. The van der Waals surface area contributed by atoms with Crippen LogP contribution in [0.15, 0.2) is 24.3 Å². The van der Waals surface area contributed by atoms with Gasteiger partial charge in [-0.15, -0.1) is 0 Å². The molecule has 1 aliphatic carbocycles. The van der Waals surface area contributed by atoms with Gasteiger partial charge in [-0.1, -0.05) is 23.7 Å². The van der Waals surface area contributed by atoms with Crippen molar-refractivity contribution in [2.45, 2.75) is 39.3 Å². The summed E-state index contributed by atoms with van der Waals surface area (Å²) in [6.45, 7) is 5.12. The smallest absolute Gasteiger partial charge is 0.230 e. The number of nitrogens with two attached hydrogens (primary N) is 1. The molecule has 1 aromatic rings. The number of rotatable bonds is 5. The van der Waals surface area contributed by atoms with Crippen LogP contribution in [-0.2, 0) is 11.3 Å². The lowest BCUT2D eigenvalue weighted by atomic mass is 10.0. The summed E-state index contributed by atoms with van der Waals surface area (Å²) in [6, 6.07) is 7.82. The molecule has 0 bridgehead atoms.